The highest BCUT2D eigenvalue weighted by Crippen LogP contribution is 2.49. The van der Waals surface area contributed by atoms with Crippen molar-refractivity contribution < 1.29 is 102 Å². The smallest absolute Gasteiger partial charge is 0.411 e. The van der Waals surface area contributed by atoms with E-state index < -0.39 is 127 Å². The molecule has 2 aliphatic carbocycles. The lowest BCUT2D eigenvalue weighted by Gasteiger charge is -2.46. The van der Waals surface area contributed by atoms with Crippen LogP contribution in [0.25, 0.3) is 0 Å². The van der Waals surface area contributed by atoms with Crippen LogP contribution < -0.4 is 30.3 Å². The summed E-state index contributed by atoms with van der Waals surface area (Å²) in [6, 6.07) is -1.27. The van der Waals surface area contributed by atoms with Gasteiger partial charge in [0.1, 0.15) is 36.6 Å². The fourth-order valence-electron chi connectivity index (χ4n) is 10.5. The van der Waals surface area contributed by atoms with E-state index >= 15 is 0 Å². The minimum atomic E-state index is -2.05. The Balaban J connectivity index is 1.12. The van der Waals surface area contributed by atoms with Gasteiger partial charge >= 0.3 is 6.09 Å². The molecule has 466 valence electrons. The number of carbonyl (C=O) groups excluding carboxylic acids is 3. The second-order valence-electron chi connectivity index (χ2n) is 20.1. The highest BCUT2D eigenvalue weighted by molar-refractivity contribution is 14.1. The first-order valence-electron chi connectivity index (χ1n) is 26.9. The number of aliphatic hydroxyl groups excluding tert-OH is 4. The number of thioether (sulfide) groups is 1. The number of amides is 1. The van der Waals surface area contributed by atoms with E-state index in [-0.39, 0.29) is 71.2 Å². The van der Waals surface area contributed by atoms with Gasteiger partial charge in [-0.15, -0.1) is 0 Å². The van der Waals surface area contributed by atoms with Gasteiger partial charge in [0.25, 0.3) is 0 Å². The number of allylic oxidation sites excluding steroid dienone is 3. The lowest BCUT2D eigenvalue weighted by molar-refractivity contribution is -0.336. The number of Topliss-reactive ketones (excluding diaryl/α,β-unsaturated/α-hetero) is 1. The quantitative estimate of drug-likeness (QED) is 0.0272. The molecular weight excluding hydrogens is 1290 g/mol. The Labute approximate surface area is 517 Å². The summed E-state index contributed by atoms with van der Waals surface area (Å²) in [5, 5.41) is 62.7. The first-order valence-corrected chi connectivity index (χ1v) is 32.9. The van der Waals surface area contributed by atoms with Gasteiger partial charge in [0, 0.05) is 44.0 Å². The van der Waals surface area contributed by atoms with E-state index in [1.165, 1.54) is 64.9 Å². The minimum Gasteiger partial charge on any atom is -0.492 e. The molecule has 4 heterocycles. The molecule has 4 fully saturated rings. The van der Waals surface area contributed by atoms with Gasteiger partial charge < -0.3 is 87.7 Å². The van der Waals surface area contributed by atoms with Crippen LogP contribution in [0.1, 0.15) is 62.9 Å². The second kappa shape index (κ2) is 31.5. The standard InChI is InChI=1S/C55H74IN3O21S4/c1-12-57-30-24-73-35(22-34(30)68-6)78-48-43(63)40(26(3)75-53(48)77-33-17-15-13-14-16-19-55(67)23-32(61)41(58-54(66)72-10)38(33)29(55)18-20-82-84-81-11)59-80-36-21-31(60)50(28(5)74-36)83-51(65)37-25(2)39(56)46(49(71-9)45(37)69-7)79-52-44(64)47(70-8)42(62)27(4)76-52/h13-14,18,26-28,30-31,33-36,40,42-44,47-48,50,52-53,57,59-60,62-64,67H,12,20-24H2,1-11H3,(H,58,66)/b14-13+,29-18-/t26-,27+,28-,30+,31+,33+,34+,35+,36+,40-,42+,43+,44-,47-,48-,50-,52+,53+,55+/m1/s1. The molecule has 7 rings (SSSR count). The number of aliphatic hydroxyl groups is 5. The summed E-state index contributed by atoms with van der Waals surface area (Å²) in [4.78, 5) is 47.5. The average molecular weight is 1370 g/mol. The van der Waals surface area contributed by atoms with Crippen LogP contribution >= 0.6 is 65.8 Å². The second-order valence-corrected chi connectivity index (χ2v) is 26.7. The van der Waals surface area contributed by atoms with E-state index in [4.69, 9.17) is 61.7 Å². The Kier molecular flexibility index (Phi) is 25.7. The fraction of sp³-hybridized carbons (Fsp3) is 0.655. The lowest BCUT2D eigenvalue weighted by atomic mass is 9.75. The van der Waals surface area contributed by atoms with Crippen LogP contribution in [-0.2, 0) is 52.3 Å². The summed E-state index contributed by atoms with van der Waals surface area (Å²) in [6.07, 6.45) is -11.9. The van der Waals surface area contributed by atoms with Crippen LogP contribution in [-0.4, -0.2) is 218 Å². The minimum absolute atomic E-state index is 0.0155. The number of ether oxygens (including phenoxy) is 12. The molecule has 4 aliphatic heterocycles. The van der Waals surface area contributed by atoms with E-state index in [0.29, 0.717) is 21.4 Å². The molecule has 19 atom stereocenters. The molecule has 0 aromatic heterocycles. The van der Waals surface area contributed by atoms with E-state index in [9.17, 15) is 39.9 Å². The first kappa shape index (κ1) is 68.5. The number of nitrogens with one attached hydrogen (secondary N) is 3. The molecule has 6 aliphatic rings. The fourth-order valence-corrected chi connectivity index (χ4v) is 14.7. The number of hydrogen-bond donors (Lipinski definition) is 8. The zero-order valence-corrected chi connectivity index (χ0v) is 53.6. The number of hydroxylamine groups is 1. The number of benzene rings is 1. The molecular formula is C55H74IN3O21S4. The molecule has 4 saturated heterocycles. The van der Waals surface area contributed by atoms with Gasteiger partial charge in [-0.25, -0.2) is 4.79 Å². The van der Waals surface area contributed by atoms with E-state index in [1.807, 2.05) is 35.8 Å². The molecule has 1 aromatic rings. The number of hydrogen-bond acceptors (Lipinski definition) is 27. The number of alkyl carbamates (subject to hydrolysis) is 1. The van der Waals surface area contributed by atoms with Crippen molar-refractivity contribution in [1.29, 1.82) is 0 Å². The summed E-state index contributed by atoms with van der Waals surface area (Å²) in [6.45, 7) is 9.41. The van der Waals surface area contributed by atoms with Crippen molar-refractivity contribution in [2.45, 2.75) is 169 Å². The Bertz CT molecular complexity index is 2710. The van der Waals surface area contributed by atoms with Crippen LogP contribution in [0.15, 0.2) is 35.1 Å². The zero-order chi connectivity index (χ0) is 61.2. The zero-order valence-electron chi connectivity index (χ0n) is 48.1. The van der Waals surface area contributed by atoms with Gasteiger partial charge in [0.05, 0.1) is 97.0 Å². The van der Waals surface area contributed by atoms with Gasteiger partial charge in [-0.05, 0) is 90.6 Å². The van der Waals surface area contributed by atoms with Crippen molar-refractivity contribution in [2.75, 3.05) is 60.7 Å². The van der Waals surface area contributed by atoms with Crippen LogP contribution in [0.4, 0.5) is 4.79 Å². The molecule has 29 heteroatoms. The Hall–Kier alpha value is -2.94. The third-order valence-corrected chi connectivity index (χ3v) is 21.2. The first-order chi connectivity index (χ1) is 40.2. The summed E-state index contributed by atoms with van der Waals surface area (Å²) in [5.74, 6) is 11.3. The predicted molar refractivity (Wildman–Crippen MR) is 320 cm³/mol. The number of ketones is 1. The third-order valence-electron chi connectivity index (χ3n) is 14.8. The van der Waals surface area contributed by atoms with E-state index in [1.54, 1.807) is 40.9 Å². The number of carbonyl (C=O) groups is 3. The normalized spacial score (nSPS) is 35.9. The van der Waals surface area contributed by atoms with Crippen molar-refractivity contribution in [2.24, 2.45) is 0 Å². The molecule has 1 aromatic carbocycles. The molecule has 84 heavy (non-hydrogen) atoms. The number of rotatable bonds is 22. The van der Waals surface area contributed by atoms with E-state index in [0.717, 1.165) is 18.9 Å². The number of methoxy groups -OCH3 is 5. The molecule has 1 amide bonds. The van der Waals surface area contributed by atoms with Crippen molar-refractivity contribution in [1.82, 2.24) is 16.1 Å². The van der Waals surface area contributed by atoms with Crippen LogP contribution in [0, 0.1) is 34.2 Å². The van der Waals surface area contributed by atoms with Crippen molar-refractivity contribution in [3.63, 3.8) is 0 Å². The van der Waals surface area contributed by atoms with Crippen molar-refractivity contribution >= 4 is 82.8 Å². The maximum Gasteiger partial charge on any atom is 0.411 e. The molecule has 0 radical (unpaired) electrons. The molecule has 2 bridgehead atoms. The molecule has 0 spiro atoms. The topological polar surface area (TPSA) is 308 Å². The van der Waals surface area contributed by atoms with E-state index in [2.05, 4.69) is 39.8 Å². The van der Waals surface area contributed by atoms with Gasteiger partial charge in [-0.3, -0.25) is 19.7 Å². The highest BCUT2D eigenvalue weighted by atomic mass is 127. The van der Waals surface area contributed by atoms with Crippen LogP contribution in [0.5, 0.6) is 17.2 Å². The number of fused-ring (bicyclic) bond motifs is 2. The Morgan fingerprint density at radius 2 is 1.61 bits per heavy atom. The molecule has 24 nitrogen and oxygen atoms in total. The van der Waals surface area contributed by atoms with Gasteiger partial charge in [-0.2, -0.15) is 5.48 Å². The monoisotopic (exact) mass is 1370 g/mol. The van der Waals surface area contributed by atoms with Gasteiger partial charge in [0.15, 0.2) is 41.8 Å². The molecule has 8 N–H and O–H groups in total. The van der Waals surface area contributed by atoms with Crippen LogP contribution in [0.3, 0.4) is 0 Å². The van der Waals surface area contributed by atoms with Crippen molar-refractivity contribution in [3.05, 3.63) is 49.8 Å². The summed E-state index contributed by atoms with van der Waals surface area (Å²) in [7, 11) is 11.3. The van der Waals surface area contributed by atoms with Gasteiger partial charge in [0.2, 0.25) is 17.2 Å². The highest BCUT2D eigenvalue weighted by Gasteiger charge is 2.52. The lowest BCUT2D eigenvalue weighted by Crippen LogP contribution is -2.65. The maximum absolute atomic E-state index is 14.4. The predicted octanol–water partition coefficient (Wildman–Crippen LogP) is 3.20. The SMILES string of the molecule is CCN[C@H]1CO[C@@H](O[C@H]2[C@H](O[C@H]3C#C/C=C/C#C[C@]4(O)CC(=O)C(NC(=O)OC)=C3/C4=C/CSSSC)O[C@H](C)[C@@H](NO[C@H]3C[C@H](O)[C@H](SC(=O)c4c(C)c(I)c(O[C@@H]5O[C@@H](C)[C@H](O)[C@@H](OC)[C@H]5O)c(OC)c4OC)[C@@H](C)O3)[C@@H]2O)C[C@@H]1OC. The Morgan fingerprint density at radius 3 is 2.27 bits per heavy atom. The largest absolute Gasteiger partial charge is 0.492 e. The third kappa shape index (κ3) is 15.7. The summed E-state index contributed by atoms with van der Waals surface area (Å²) >= 11 is 2.83. The number of halogens is 1. The summed E-state index contributed by atoms with van der Waals surface area (Å²) in [5.41, 5.74) is 1.30. The molecule has 0 unspecified atom stereocenters. The average Bonchev–Trinajstić information content (AvgIpc) is 1.36. The molecule has 0 saturated carbocycles. The summed E-state index contributed by atoms with van der Waals surface area (Å²) < 4.78 is 72.5. The Morgan fingerprint density at radius 1 is 0.881 bits per heavy atom. The van der Waals surface area contributed by atoms with Gasteiger partial charge in [-0.1, -0.05) is 70.0 Å². The van der Waals surface area contributed by atoms with Crippen molar-refractivity contribution in [3.8, 4) is 40.9 Å². The maximum atomic E-state index is 14.4. The number of likely N-dealkylation sites (N-methyl/N-ethyl adjacent to an activating group) is 1. The van der Waals surface area contributed by atoms with Crippen LogP contribution in [0.2, 0.25) is 0 Å².